The minimum atomic E-state index is -0.219. The number of carbonyl (C=O) groups is 1. The molecule has 1 aliphatic heterocycles. The quantitative estimate of drug-likeness (QED) is 0.855. The number of hydrogen-bond acceptors (Lipinski definition) is 6. The molecule has 7 nitrogen and oxygen atoms in total. The van der Waals surface area contributed by atoms with Gasteiger partial charge in [0.1, 0.15) is 5.75 Å². The summed E-state index contributed by atoms with van der Waals surface area (Å²) in [6, 6.07) is 9.11. The maximum atomic E-state index is 12.7. The Morgan fingerprint density at radius 2 is 1.85 bits per heavy atom. The largest absolute Gasteiger partial charge is 0.492 e. The Labute approximate surface area is 154 Å². The Bertz CT molecular complexity index is 717. The third-order valence-electron chi connectivity index (χ3n) is 4.52. The average Bonchev–Trinajstić information content (AvgIpc) is 2.70. The first kappa shape index (κ1) is 18.1. The van der Waals surface area contributed by atoms with Crippen LogP contribution >= 0.6 is 0 Å². The lowest BCUT2D eigenvalue weighted by Gasteiger charge is -2.37. The van der Waals surface area contributed by atoms with Gasteiger partial charge < -0.3 is 15.0 Å². The molecule has 1 amide bonds. The van der Waals surface area contributed by atoms with Crippen molar-refractivity contribution in [1.82, 2.24) is 14.9 Å². The van der Waals surface area contributed by atoms with Crippen LogP contribution in [0.15, 0.2) is 42.7 Å². The number of aromatic nitrogens is 2. The lowest BCUT2D eigenvalue weighted by molar-refractivity contribution is -0.120. The van der Waals surface area contributed by atoms with Crippen molar-refractivity contribution in [2.45, 2.75) is 19.9 Å². The van der Waals surface area contributed by atoms with Gasteiger partial charge in [0.15, 0.2) is 0 Å². The van der Waals surface area contributed by atoms with Crippen LogP contribution in [0.5, 0.6) is 5.75 Å². The summed E-state index contributed by atoms with van der Waals surface area (Å²) in [6.45, 7) is 7.62. The van der Waals surface area contributed by atoms with E-state index in [2.05, 4.69) is 25.1 Å². The van der Waals surface area contributed by atoms with E-state index in [0.29, 0.717) is 18.0 Å². The van der Waals surface area contributed by atoms with Crippen LogP contribution in [-0.2, 0) is 4.79 Å². The predicted molar refractivity (Wildman–Crippen MR) is 102 cm³/mol. The molecule has 1 aliphatic rings. The number of ether oxygens (including phenoxy) is 1. The van der Waals surface area contributed by atoms with Crippen molar-refractivity contribution in [2.75, 3.05) is 43.0 Å². The zero-order valence-electron chi connectivity index (χ0n) is 15.3. The SMILES string of the molecule is CCOc1ccccc1NC(=O)[C@@H](C)N1CCN(c2ncccn2)CC1. The Morgan fingerprint density at radius 1 is 1.15 bits per heavy atom. The molecule has 1 N–H and O–H groups in total. The molecule has 7 heteroatoms. The lowest BCUT2D eigenvalue weighted by Crippen LogP contribution is -2.53. The molecule has 1 aromatic carbocycles. The molecular formula is C19H25N5O2. The second-order valence-electron chi connectivity index (χ2n) is 6.17. The predicted octanol–water partition coefficient (Wildman–Crippen LogP) is 2.02. The van der Waals surface area contributed by atoms with Gasteiger partial charge >= 0.3 is 0 Å². The average molecular weight is 355 g/mol. The molecule has 26 heavy (non-hydrogen) atoms. The molecule has 138 valence electrons. The summed E-state index contributed by atoms with van der Waals surface area (Å²) in [6.07, 6.45) is 3.50. The number of nitrogens with one attached hydrogen (secondary N) is 1. The van der Waals surface area contributed by atoms with E-state index in [1.165, 1.54) is 0 Å². The van der Waals surface area contributed by atoms with E-state index in [0.717, 1.165) is 32.1 Å². The molecule has 2 heterocycles. The van der Waals surface area contributed by atoms with Crippen LogP contribution in [0.1, 0.15) is 13.8 Å². The highest BCUT2D eigenvalue weighted by Gasteiger charge is 2.26. The third kappa shape index (κ3) is 4.29. The van der Waals surface area contributed by atoms with Crippen molar-refractivity contribution in [3.05, 3.63) is 42.7 Å². The van der Waals surface area contributed by atoms with Crippen LogP contribution in [0.25, 0.3) is 0 Å². The van der Waals surface area contributed by atoms with E-state index in [4.69, 9.17) is 4.74 Å². The smallest absolute Gasteiger partial charge is 0.241 e. The van der Waals surface area contributed by atoms with Crippen LogP contribution in [0.4, 0.5) is 11.6 Å². The zero-order valence-corrected chi connectivity index (χ0v) is 15.3. The summed E-state index contributed by atoms with van der Waals surface area (Å²) in [5, 5.41) is 2.99. The monoisotopic (exact) mass is 355 g/mol. The number of hydrogen-bond donors (Lipinski definition) is 1. The number of piperazine rings is 1. The molecule has 1 saturated heterocycles. The van der Waals surface area contributed by atoms with Crippen molar-refractivity contribution in [2.24, 2.45) is 0 Å². The summed E-state index contributed by atoms with van der Waals surface area (Å²) in [7, 11) is 0. The second-order valence-corrected chi connectivity index (χ2v) is 6.17. The molecule has 0 saturated carbocycles. The van der Waals surface area contributed by atoms with E-state index in [9.17, 15) is 4.79 Å². The van der Waals surface area contributed by atoms with Crippen LogP contribution < -0.4 is 15.0 Å². The van der Waals surface area contributed by atoms with Gasteiger partial charge in [-0.3, -0.25) is 9.69 Å². The first-order valence-corrected chi connectivity index (χ1v) is 8.97. The number of rotatable bonds is 6. The molecule has 1 fully saturated rings. The first-order valence-electron chi connectivity index (χ1n) is 8.97. The minimum Gasteiger partial charge on any atom is -0.492 e. The van der Waals surface area contributed by atoms with E-state index < -0.39 is 0 Å². The standard InChI is InChI=1S/C19H25N5O2/c1-3-26-17-8-5-4-7-16(17)22-18(25)15(2)23-11-13-24(14-12-23)19-20-9-6-10-21-19/h4-10,15H,3,11-14H2,1-2H3,(H,22,25)/t15-/m1/s1. The van der Waals surface area contributed by atoms with Gasteiger partial charge in [-0.25, -0.2) is 9.97 Å². The van der Waals surface area contributed by atoms with Crippen LogP contribution in [0.2, 0.25) is 0 Å². The van der Waals surface area contributed by atoms with Crippen molar-refractivity contribution in [1.29, 1.82) is 0 Å². The maximum absolute atomic E-state index is 12.7. The number of nitrogens with zero attached hydrogens (tertiary/aromatic N) is 4. The Balaban J connectivity index is 1.57. The molecule has 2 aromatic rings. The van der Waals surface area contributed by atoms with Crippen LogP contribution in [0, 0.1) is 0 Å². The zero-order chi connectivity index (χ0) is 18.4. The van der Waals surface area contributed by atoms with Gasteiger partial charge in [0.05, 0.1) is 18.3 Å². The first-order chi connectivity index (χ1) is 12.7. The minimum absolute atomic E-state index is 0.0263. The fourth-order valence-corrected chi connectivity index (χ4v) is 3.02. The number of para-hydroxylation sites is 2. The Morgan fingerprint density at radius 3 is 2.54 bits per heavy atom. The van der Waals surface area contributed by atoms with Gasteiger partial charge in [0, 0.05) is 38.6 Å². The molecule has 0 aliphatic carbocycles. The van der Waals surface area contributed by atoms with Crippen LogP contribution in [0.3, 0.4) is 0 Å². The maximum Gasteiger partial charge on any atom is 0.241 e. The second kappa shape index (κ2) is 8.62. The summed E-state index contributed by atoms with van der Waals surface area (Å²) < 4.78 is 5.58. The van der Waals surface area contributed by atoms with E-state index >= 15 is 0 Å². The van der Waals surface area contributed by atoms with Gasteiger partial charge in [-0.2, -0.15) is 0 Å². The highest BCUT2D eigenvalue weighted by atomic mass is 16.5. The molecule has 0 bridgehead atoms. The van der Waals surface area contributed by atoms with E-state index in [1.807, 2.05) is 44.2 Å². The number of benzene rings is 1. The highest BCUT2D eigenvalue weighted by Crippen LogP contribution is 2.24. The molecule has 0 radical (unpaired) electrons. The molecule has 3 rings (SSSR count). The fraction of sp³-hybridized carbons (Fsp3) is 0.421. The van der Waals surface area contributed by atoms with Crippen molar-refractivity contribution < 1.29 is 9.53 Å². The van der Waals surface area contributed by atoms with E-state index in [-0.39, 0.29) is 11.9 Å². The van der Waals surface area contributed by atoms with Crippen molar-refractivity contribution in [3.63, 3.8) is 0 Å². The molecule has 1 aromatic heterocycles. The number of anilines is 2. The molecule has 0 unspecified atom stereocenters. The number of amides is 1. The molecular weight excluding hydrogens is 330 g/mol. The van der Waals surface area contributed by atoms with Crippen molar-refractivity contribution in [3.8, 4) is 5.75 Å². The number of carbonyl (C=O) groups excluding carboxylic acids is 1. The third-order valence-corrected chi connectivity index (χ3v) is 4.52. The summed E-state index contributed by atoms with van der Waals surface area (Å²) in [5.74, 6) is 1.41. The Kier molecular flexibility index (Phi) is 6.01. The van der Waals surface area contributed by atoms with Crippen LogP contribution in [-0.4, -0.2) is 59.6 Å². The van der Waals surface area contributed by atoms with Gasteiger partial charge in [-0.1, -0.05) is 12.1 Å². The lowest BCUT2D eigenvalue weighted by atomic mass is 10.2. The Hall–Kier alpha value is -2.67. The molecule has 0 spiro atoms. The summed E-state index contributed by atoms with van der Waals surface area (Å²) in [5.41, 5.74) is 0.711. The summed E-state index contributed by atoms with van der Waals surface area (Å²) in [4.78, 5) is 25.6. The summed E-state index contributed by atoms with van der Waals surface area (Å²) >= 11 is 0. The normalized spacial score (nSPS) is 16.2. The molecule has 1 atom stereocenters. The fourth-order valence-electron chi connectivity index (χ4n) is 3.02. The van der Waals surface area contributed by atoms with E-state index in [1.54, 1.807) is 12.4 Å². The topological polar surface area (TPSA) is 70.6 Å². The van der Waals surface area contributed by atoms with Gasteiger partial charge in [0.2, 0.25) is 11.9 Å². The van der Waals surface area contributed by atoms with Gasteiger partial charge in [0.25, 0.3) is 0 Å². The van der Waals surface area contributed by atoms with Crippen molar-refractivity contribution >= 4 is 17.5 Å². The highest BCUT2D eigenvalue weighted by molar-refractivity contribution is 5.95. The van der Waals surface area contributed by atoms with Gasteiger partial charge in [-0.15, -0.1) is 0 Å². The van der Waals surface area contributed by atoms with Gasteiger partial charge in [-0.05, 0) is 32.0 Å².